The first kappa shape index (κ1) is 17.8. The van der Waals surface area contributed by atoms with Crippen molar-refractivity contribution in [2.24, 2.45) is 0 Å². The number of hydrogen-bond donors (Lipinski definition) is 0. The number of amides is 1. The molecule has 3 aromatic rings. The van der Waals surface area contributed by atoms with Gasteiger partial charge >= 0.3 is 0 Å². The molecule has 8 nitrogen and oxygen atoms in total. The van der Waals surface area contributed by atoms with Crippen LogP contribution in [0.5, 0.6) is 0 Å². The fraction of sp³-hybridized carbons (Fsp3) is 0.381. The Morgan fingerprint density at radius 1 is 1.00 bits per heavy atom. The summed E-state index contributed by atoms with van der Waals surface area (Å²) in [6.45, 7) is 1.44. The number of carbonyl (C=O) groups is 1. The second-order valence-corrected chi connectivity index (χ2v) is 7.58. The molecular formula is C21H23N7O. The van der Waals surface area contributed by atoms with Crippen LogP contribution in [0.3, 0.4) is 0 Å². The molecule has 1 aliphatic carbocycles. The molecule has 0 atom stereocenters. The molecule has 1 aromatic carbocycles. The Bertz CT molecular complexity index is 963. The van der Waals surface area contributed by atoms with Gasteiger partial charge in [0.1, 0.15) is 12.1 Å². The smallest absolute Gasteiger partial charge is 0.276 e. The third kappa shape index (κ3) is 3.70. The van der Waals surface area contributed by atoms with Crippen molar-refractivity contribution in [1.29, 1.82) is 0 Å². The van der Waals surface area contributed by atoms with E-state index in [2.05, 4.69) is 25.1 Å². The SMILES string of the molecule is O=C(c1cnn(-c2ccccc2)n1)N1CCC(N(c2ccncn2)C2CC2)CC1. The molecule has 0 radical (unpaired) electrons. The van der Waals surface area contributed by atoms with Crippen LogP contribution in [-0.4, -0.2) is 60.9 Å². The number of nitrogens with zero attached hydrogens (tertiary/aromatic N) is 7. The van der Waals surface area contributed by atoms with Gasteiger partial charge in [0.2, 0.25) is 0 Å². The molecule has 1 saturated heterocycles. The highest BCUT2D eigenvalue weighted by Crippen LogP contribution is 2.35. The van der Waals surface area contributed by atoms with Gasteiger partial charge < -0.3 is 9.80 Å². The Morgan fingerprint density at radius 3 is 2.45 bits per heavy atom. The summed E-state index contributed by atoms with van der Waals surface area (Å²) in [5, 5.41) is 8.63. The van der Waals surface area contributed by atoms with Crippen molar-refractivity contribution in [3.63, 3.8) is 0 Å². The minimum absolute atomic E-state index is 0.0503. The third-order valence-corrected chi connectivity index (χ3v) is 5.61. The number of hydrogen-bond acceptors (Lipinski definition) is 6. The summed E-state index contributed by atoms with van der Waals surface area (Å²) >= 11 is 0. The lowest BCUT2D eigenvalue weighted by molar-refractivity contribution is 0.0705. The molecule has 0 unspecified atom stereocenters. The number of rotatable bonds is 5. The molecule has 148 valence electrons. The van der Waals surface area contributed by atoms with Gasteiger partial charge in [-0.15, -0.1) is 5.10 Å². The lowest BCUT2D eigenvalue weighted by Gasteiger charge is -2.39. The van der Waals surface area contributed by atoms with Crippen LogP contribution in [0.4, 0.5) is 5.82 Å². The molecule has 2 aliphatic rings. The summed E-state index contributed by atoms with van der Waals surface area (Å²) < 4.78 is 0. The van der Waals surface area contributed by atoms with E-state index in [1.807, 2.05) is 41.3 Å². The van der Waals surface area contributed by atoms with E-state index in [4.69, 9.17) is 0 Å². The van der Waals surface area contributed by atoms with Crippen LogP contribution in [0.15, 0.2) is 55.1 Å². The van der Waals surface area contributed by atoms with Crippen molar-refractivity contribution in [2.45, 2.75) is 37.8 Å². The second kappa shape index (κ2) is 7.62. The van der Waals surface area contributed by atoms with Crippen LogP contribution in [0.1, 0.15) is 36.2 Å². The molecule has 2 fully saturated rings. The van der Waals surface area contributed by atoms with E-state index >= 15 is 0 Å². The van der Waals surface area contributed by atoms with Gasteiger partial charge in [0.05, 0.1) is 11.9 Å². The Balaban J connectivity index is 1.25. The molecule has 8 heteroatoms. The first-order valence-electron chi connectivity index (χ1n) is 10.1. The summed E-state index contributed by atoms with van der Waals surface area (Å²) in [7, 11) is 0. The zero-order chi connectivity index (χ0) is 19.6. The van der Waals surface area contributed by atoms with Crippen molar-refractivity contribution in [2.75, 3.05) is 18.0 Å². The Labute approximate surface area is 169 Å². The van der Waals surface area contributed by atoms with Gasteiger partial charge in [0.15, 0.2) is 5.69 Å². The van der Waals surface area contributed by atoms with Gasteiger partial charge in [-0.1, -0.05) is 18.2 Å². The van der Waals surface area contributed by atoms with E-state index in [0.717, 1.165) is 37.4 Å². The Hall–Kier alpha value is -3.29. The van der Waals surface area contributed by atoms with Gasteiger partial charge in [-0.3, -0.25) is 4.79 Å². The summed E-state index contributed by atoms with van der Waals surface area (Å²) in [5.41, 5.74) is 1.23. The van der Waals surface area contributed by atoms with Crippen molar-refractivity contribution in [1.82, 2.24) is 29.9 Å². The minimum Gasteiger partial charge on any atom is -0.350 e. The normalized spacial score (nSPS) is 17.3. The van der Waals surface area contributed by atoms with E-state index in [9.17, 15) is 4.79 Å². The Kier molecular flexibility index (Phi) is 4.67. The molecule has 29 heavy (non-hydrogen) atoms. The molecular weight excluding hydrogens is 366 g/mol. The van der Waals surface area contributed by atoms with E-state index in [0.29, 0.717) is 17.8 Å². The van der Waals surface area contributed by atoms with Crippen LogP contribution in [0.25, 0.3) is 5.69 Å². The van der Waals surface area contributed by atoms with Gasteiger partial charge in [0, 0.05) is 31.4 Å². The molecule has 1 saturated carbocycles. The van der Waals surface area contributed by atoms with Crippen LogP contribution in [0, 0.1) is 0 Å². The standard InChI is InChI=1S/C21H23N7O/c29-21(19-14-24-28(25-19)18-4-2-1-3-5-18)26-12-9-17(10-13-26)27(16-6-7-16)20-8-11-22-15-23-20/h1-5,8,11,14-17H,6-7,9-10,12-13H2. The van der Waals surface area contributed by atoms with E-state index in [1.54, 1.807) is 18.7 Å². The molecule has 1 aliphatic heterocycles. The summed E-state index contributed by atoms with van der Waals surface area (Å²) in [4.78, 5) is 27.2. The monoisotopic (exact) mass is 389 g/mol. The van der Waals surface area contributed by atoms with Crippen molar-refractivity contribution >= 4 is 11.7 Å². The molecule has 0 spiro atoms. The highest BCUT2D eigenvalue weighted by atomic mass is 16.2. The lowest BCUT2D eigenvalue weighted by Crippen LogP contribution is -2.48. The number of anilines is 1. The number of piperidine rings is 1. The molecule has 2 aromatic heterocycles. The average molecular weight is 389 g/mol. The maximum atomic E-state index is 12.9. The molecule has 1 amide bonds. The van der Waals surface area contributed by atoms with Gasteiger partial charge in [-0.2, -0.15) is 9.90 Å². The maximum absolute atomic E-state index is 12.9. The van der Waals surface area contributed by atoms with Crippen molar-refractivity contribution in [3.8, 4) is 5.69 Å². The van der Waals surface area contributed by atoms with Gasteiger partial charge in [-0.25, -0.2) is 9.97 Å². The average Bonchev–Trinajstić information content (AvgIpc) is 3.49. The lowest BCUT2D eigenvalue weighted by atomic mass is 10.0. The highest BCUT2D eigenvalue weighted by Gasteiger charge is 2.37. The predicted octanol–water partition coefficient (Wildman–Crippen LogP) is 2.33. The molecule has 0 bridgehead atoms. The zero-order valence-corrected chi connectivity index (χ0v) is 16.1. The Morgan fingerprint density at radius 2 is 1.76 bits per heavy atom. The number of likely N-dealkylation sites (tertiary alicyclic amines) is 1. The summed E-state index contributed by atoms with van der Waals surface area (Å²) in [5.74, 6) is 0.948. The van der Waals surface area contributed by atoms with E-state index in [-0.39, 0.29) is 5.91 Å². The first-order chi connectivity index (χ1) is 14.3. The van der Waals surface area contributed by atoms with E-state index < -0.39 is 0 Å². The summed E-state index contributed by atoms with van der Waals surface area (Å²) in [6, 6.07) is 12.6. The molecule has 0 N–H and O–H groups in total. The van der Waals surface area contributed by atoms with Gasteiger partial charge in [-0.05, 0) is 43.9 Å². The maximum Gasteiger partial charge on any atom is 0.276 e. The van der Waals surface area contributed by atoms with E-state index in [1.165, 1.54) is 17.6 Å². The first-order valence-corrected chi connectivity index (χ1v) is 10.1. The quantitative estimate of drug-likeness (QED) is 0.666. The van der Waals surface area contributed by atoms with Crippen LogP contribution >= 0.6 is 0 Å². The van der Waals surface area contributed by atoms with Crippen LogP contribution in [-0.2, 0) is 0 Å². The summed E-state index contributed by atoms with van der Waals surface area (Å²) in [6.07, 6.45) is 9.25. The molecule has 3 heterocycles. The van der Waals surface area contributed by atoms with Crippen LogP contribution in [0.2, 0.25) is 0 Å². The van der Waals surface area contributed by atoms with Crippen molar-refractivity contribution in [3.05, 3.63) is 60.8 Å². The number of carbonyl (C=O) groups excluding carboxylic acids is 1. The largest absolute Gasteiger partial charge is 0.350 e. The fourth-order valence-corrected chi connectivity index (χ4v) is 4.02. The third-order valence-electron chi connectivity index (χ3n) is 5.61. The number of para-hydroxylation sites is 1. The number of aromatic nitrogens is 5. The minimum atomic E-state index is -0.0503. The van der Waals surface area contributed by atoms with Crippen molar-refractivity contribution < 1.29 is 4.79 Å². The molecule has 5 rings (SSSR count). The topological polar surface area (TPSA) is 80.0 Å². The van der Waals surface area contributed by atoms with Gasteiger partial charge in [0.25, 0.3) is 5.91 Å². The fourth-order valence-electron chi connectivity index (χ4n) is 4.02. The highest BCUT2D eigenvalue weighted by molar-refractivity contribution is 5.92. The second-order valence-electron chi connectivity index (χ2n) is 7.58. The number of benzene rings is 1. The van der Waals surface area contributed by atoms with Crippen LogP contribution < -0.4 is 4.90 Å². The predicted molar refractivity (Wildman–Crippen MR) is 108 cm³/mol. The zero-order valence-electron chi connectivity index (χ0n) is 16.1.